The maximum atomic E-state index is 5.88. The third-order valence-electron chi connectivity index (χ3n) is 3.72. The van der Waals surface area contributed by atoms with Gasteiger partial charge in [-0.2, -0.15) is 0 Å². The number of likely N-dealkylation sites (N-methyl/N-ethyl adjacent to an activating group) is 1. The van der Waals surface area contributed by atoms with Gasteiger partial charge < -0.3 is 5.73 Å². The Labute approximate surface area is 103 Å². The molecule has 1 heterocycles. The van der Waals surface area contributed by atoms with Gasteiger partial charge in [-0.25, -0.2) is 9.97 Å². The lowest BCUT2D eigenvalue weighted by Gasteiger charge is -2.28. The molecular weight excluding hydrogens is 212 g/mol. The summed E-state index contributed by atoms with van der Waals surface area (Å²) < 4.78 is 0. The van der Waals surface area contributed by atoms with Crippen molar-refractivity contribution in [3.8, 4) is 0 Å². The Kier molecular flexibility index (Phi) is 4.45. The summed E-state index contributed by atoms with van der Waals surface area (Å²) in [6, 6.07) is 2.18. The summed E-state index contributed by atoms with van der Waals surface area (Å²) in [6.07, 6.45) is 8.89. The van der Waals surface area contributed by atoms with Gasteiger partial charge in [-0.1, -0.05) is 12.8 Å². The SMILES string of the molecule is CN(CC1CCCC1)C(CN)c1ccncn1. The van der Waals surface area contributed by atoms with Gasteiger partial charge in [-0.15, -0.1) is 0 Å². The Bertz CT molecular complexity index is 321. The maximum Gasteiger partial charge on any atom is 0.115 e. The molecule has 0 saturated heterocycles. The average molecular weight is 234 g/mol. The first-order valence-electron chi connectivity index (χ1n) is 6.47. The third-order valence-corrected chi connectivity index (χ3v) is 3.72. The van der Waals surface area contributed by atoms with Crippen molar-refractivity contribution >= 4 is 0 Å². The third kappa shape index (κ3) is 3.23. The van der Waals surface area contributed by atoms with Crippen molar-refractivity contribution in [2.75, 3.05) is 20.1 Å². The minimum absolute atomic E-state index is 0.221. The minimum atomic E-state index is 0.221. The predicted octanol–water partition coefficient (Wildman–Crippen LogP) is 1.60. The molecule has 0 radical (unpaired) electrons. The van der Waals surface area contributed by atoms with E-state index in [1.54, 1.807) is 12.5 Å². The zero-order valence-electron chi connectivity index (χ0n) is 10.5. The molecular formula is C13H22N4. The van der Waals surface area contributed by atoms with Crippen molar-refractivity contribution in [2.24, 2.45) is 11.7 Å². The second-order valence-corrected chi connectivity index (χ2v) is 4.98. The lowest BCUT2D eigenvalue weighted by atomic mass is 10.1. The lowest BCUT2D eigenvalue weighted by molar-refractivity contribution is 0.209. The number of hydrogen-bond donors (Lipinski definition) is 1. The van der Waals surface area contributed by atoms with E-state index >= 15 is 0 Å². The van der Waals surface area contributed by atoms with Gasteiger partial charge in [0.25, 0.3) is 0 Å². The summed E-state index contributed by atoms with van der Waals surface area (Å²) >= 11 is 0. The Morgan fingerprint density at radius 3 is 2.82 bits per heavy atom. The van der Waals surface area contributed by atoms with E-state index in [0.717, 1.165) is 18.2 Å². The average Bonchev–Trinajstić information content (AvgIpc) is 2.84. The molecule has 94 valence electrons. The summed E-state index contributed by atoms with van der Waals surface area (Å²) in [4.78, 5) is 10.6. The fourth-order valence-electron chi connectivity index (χ4n) is 2.75. The molecule has 1 unspecified atom stereocenters. The van der Waals surface area contributed by atoms with Crippen LogP contribution in [0.4, 0.5) is 0 Å². The van der Waals surface area contributed by atoms with Gasteiger partial charge in [0.05, 0.1) is 11.7 Å². The number of nitrogens with two attached hydrogens (primary N) is 1. The van der Waals surface area contributed by atoms with Crippen LogP contribution in [0.3, 0.4) is 0 Å². The van der Waals surface area contributed by atoms with Crippen molar-refractivity contribution in [1.29, 1.82) is 0 Å². The molecule has 4 heteroatoms. The molecule has 1 aromatic rings. The van der Waals surface area contributed by atoms with Crippen molar-refractivity contribution < 1.29 is 0 Å². The highest BCUT2D eigenvalue weighted by Crippen LogP contribution is 2.27. The van der Waals surface area contributed by atoms with Gasteiger partial charge in [0.1, 0.15) is 6.33 Å². The summed E-state index contributed by atoms with van der Waals surface area (Å²) in [5.41, 5.74) is 6.91. The van der Waals surface area contributed by atoms with Crippen LogP contribution in [0.1, 0.15) is 37.4 Å². The molecule has 1 aliphatic rings. The lowest BCUT2D eigenvalue weighted by Crippen LogP contribution is -2.34. The van der Waals surface area contributed by atoms with E-state index in [2.05, 4.69) is 21.9 Å². The molecule has 17 heavy (non-hydrogen) atoms. The highest BCUT2D eigenvalue weighted by molar-refractivity contribution is 5.05. The van der Waals surface area contributed by atoms with Gasteiger partial charge >= 0.3 is 0 Å². The molecule has 0 aromatic carbocycles. The van der Waals surface area contributed by atoms with Crippen LogP contribution in [0.15, 0.2) is 18.6 Å². The molecule has 2 rings (SSSR count). The van der Waals surface area contributed by atoms with E-state index in [1.165, 1.54) is 25.7 Å². The summed E-state index contributed by atoms with van der Waals surface area (Å²) in [7, 11) is 2.15. The molecule has 0 bridgehead atoms. The highest BCUT2D eigenvalue weighted by atomic mass is 15.2. The topological polar surface area (TPSA) is 55.0 Å². The van der Waals surface area contributed by atoms with Crippen LogP contribution in [0.25, 0.3) is 0 Å². The predicted molar refractivity (Wildman–Crippen MR) is 68.4 cm³/mol. The van der Waals surface area contributed by atoms with E-state index in [9.17, 15) is 0 Å². The second-order valence-electron chi connectivity index (χ2n) is 4.98. The Morgan fingerprint density at radius 2 is 2.24 bits per heavy atom. The molecule has 1 aliphatic carbocycles. The summed E-state index contributed by atoms with van der Waals surface area (Å²) in [6.45, 7) is 1.74. The fourth-order valence-corrected chi connectivity index (χ4v) is 2.75. The Hall–Kier alpha value is -1.00. The molecule has 0 aliphatic heterocycles. The van der Waals surface area contributed by atoms with Crippen LogP contribution < -0.4 is 5.73 Å². The molecule has 0 amide bonds. The monoisotopic (exact) mass is 234 g/mol. The van der Waals surface area contributed by atoms with Crippen LogP contribution in [0, 0.1) is 5.92 Å². The second kappa shape index (κ2) is 6.07. The first-order chi connectivity index (χ1) is 8.31. The fraction of sp³-hybridized carbons (Fsp3) is 0.692. The van der Waals surface area contributed by atoms with Crippen molar-refractivity contribution in [1.82, 2.24) is 14.9 Å². The van der Waals surface area contributed by atoms with Crippen LogP contribution in [0.2, 0.25) is 0 Å². The van der Waals surface area contributed by atoms with Crippen LogP contribution >= 0.6 is 0 Å². The van der Waals surface area contributed by atoms with Crippen molar-refractivity contribution in [2.45, 2.75) is 31.7 Å². The zero-order valence-corrected chi connectivity index (χ0v) is 10.5. The standard InChI is InChI=1S/C13H22N4/c1-17(9-11-4-2-3-5-11)13(8-14)12-6-7-15-10-16-12/h6-7,10-11,13H,2-5,8-9,14H2,1H3. The first-order valence-corrected chi connectivity index (χ1v) is 6.47. The smallest absolute Gasteiger partial charge is 0.115 e. The van der Waals surface area contributed by atoms with E-state index in [0.29, 0.717) is 6.54 Å². The van der Waals surface area contributed by atoms with Gasteiger partial charge in [0.15, 0.2) is 0 Å². The van der Waals surface area contributed by atoms with Crippen molar-refractivity contribution in [3.63, 3.8) is 0 Å². The van der Waals surface area contributed by atoms with E-state index in [4.69, 9.17) is 5.73 Å². The molecule has 1 atom stereocenters. The number of aromatic nitrogens is 2. The van der Waals surface area contributed by atoms with E-state index in [-0.39, 0.29) is 6.04 Å². The highest BCUT2D eigenvalue weighted by Gasteiger charge is 2.22. The maximum absolute atomic E-state index is 5.88. The van der Waals surface area contributed by atoms with Gasteiger partial charge in [0, 0.05) is 19.3 Å². The Morgan fingerprint density at radius 1 is 1.47 bits per heavy atom. The van der Waals surface area contributed by atoms with Crippen LogP contribution in [0.5, 0.6) is 0 Å². The van der Waals surface area contributed by atoms with Crippen molar-refractivity contribution in [3.05, 3.63) is 24.3 Å². The quantitative estimate of drug-likeness (QED) is 0.840. The molecule has 4 nitrogen and oxygen atoms in total. The zero-order chi connectivity index (χ0) is 12.1. The number of rotatable bonds is 5. The van der Waals surface area contributed by atoms with Crippen LogP contribution in [-0.2, 0) is 0 Å². The van der Waals surface area contributed by atoms with E-state index in [1.807, 2.05) is 6.07 Å². The minimum Gasteiger partial charge on any atom is -0.329 e. The molecule has 2 N–H and O–H groups in total. The van der Waals surface area contributed by atoms with Gasteiger partial charge in [0.2, 0.25) is 0 Å². The summed E-state index contributed by atoms with van der Waals surface area (Å²) in [5.74, 6) is 0.843. The normalized spacial score (nSPS) is 18.8. The number of hydrogen-bond acceptors (Lipinski definition) is 4. The molecule has 1 fully saturated rings. The molecule has 1 saturated carbocycles. The van der Waals surface area contributed by atoms with Gasteiger partial charge in [-0.3, -0.25) is 4.90 Å². The summed E-state index contributed by atoms with van der Waals surface area (Å²) in [5, 5.41) is 0. The largest absolute Gasteiger partial charge is 0.329 e. The first kappa shape index (κ1) is 12.5. The van der Waals surface area contributed by atoms with Gasteiger partial charge in [-0.05, 0) is 31.9 Å². The number of nitrogens with zero attached hydrogens (tertiary/aromatic N) is 3. The molecule has 1 aromatic heterocycles. The Balaban J connectivity index is 1.97. The van der Waals surface area contributed by atoms with E-state index < -0.39 is 0 Å². The van der Waals surface area contributed by atoms with Crippen LogP contribution in [-0.4, -0.2) is 35.0 Å². The molecule has 0 spiro atoms.